The zero-order chi connectivity index (χ0) is 18.1. The Kier molecular flexibility index (Phi) is 8.30. The van der Waals surface area contributed by atoms with E-state index in [1.54, 1.807) is 42.5 Å². The van der Waals surface area contributed by atoms with Gasteiger partial charge < -0.3 is 9.84 Å². The summed E-state index contributed by atoms with van der Waals surface area (Å²) in [5.74, 6) is -0.938. The summed E-state index contributed by atoms with van der Waals surface area (Å²) in [6, 6.07) is 13.0. The highest BCUT2D eigenvalue weighted by molar-refractivity contribution is 6.33. The van der Waals surface area contributed by atoms with Gasteiger partial charge in [-0.2, -0.15) is 0 Å². The van der Waals surface area contributed by atoms with Gasteiger partial charge in [-0.25, -0.2) is 9.59 Å². The zero-order valence-corrected chi connectivity index (χ0v) is 14.8. The lowest BCUT2D eigenvalue weighted by molar-refractivity contribution is 0.0458. The summed E-state index contributed by atoms with van der Waals surface area (Å²) in [5, 5.41) is 9.37. The van der Waals surface area contributed by atoms with E-state index in [4.69, 9.17) is 33.0 Å². The van der Waals surface area contributed by atoms with Crippen LogP contribution in [0.25, 0.3) is 0 Å². The number of carboxylic acids is 1. The van der Waals surface area contributed by atoms with Gasteiger partial charge in [0.25, 0.3) is 0 Å². The molecule has 128 valence electrons. The van der Waals surface area contributed by atoms with E-state index in [2.05, 4.69) is 0 Å². The van der Waals surface area contributed by atoms with Crippen molar-refractivity contribution in [3.8, 4) is 0 Å². The Balaban J connectivity index is 0.000000254. The molecular formula is C18H18Cl2O4. The molecule has 0 spiro atoms. The Hall–Kier alpha value is -2.04. The second-order valence-electron chi connectivity index (χ2n) is 5.28. The van der Waals surface area contributed by atoms with E-state index in [1.807, 2.05) is 13.8 Å². The van der Waals surface area contributed by atoms with Crippen LogP contribution in [0.2, 0.25) is 10.0 Å². The van der Waals surface area contributed by atoms with Crippen LogP contribution in [0.1, 0.15) is 34.6 Å². The number of rotatable bonds is 4. The lowest BCUT2D eigenvalue weighted by Crippen LogP contribution is -2.09. The van der Waals surface area contributed by atoms with E-state index in [-0.39, 0.29) is 16.6 Å². The first-order chi connectivity index (χ1) is 11.3. The molecule has 0 fully saturated rings. The Morgan fingerprint density at radius 1 is 1.04 bits per heavy atom. The van der Waals surface area contributed by atoms with Gasteiger partial charge in [-0.15, -0.1) is 0 Å². The number of carbonyl (C=O) groups is 2. The molecule has 2 aromatic rings. The summed E-state index contributed by atoms with van der Waals surface area (Å²) >= 11 is 11.2. The van der Waals surface area contributed by atoms with Crippen molar-refractivity contribution in [2.24, 2.45) is 5.92 Å². The van der Waals surface area contributed by atoms with Crippen LogP contribution in [0.15, 0.2) is 48.5 Å². The number of esters is 1. The minimum absolute atomic E-state index is 0.143. The Morgan fingerprint density at radius 3 is 2.08 bits per heavy atom. The molecule has 0 radical (unpaired) electrons. The number of halogens is 2. The molecule has 2 aromatic carbocycles. The van der Waals surface area contributed by atoms with Crippen molar-refractivity contribution in [3.63, 3.8) is 0 Å². The minimum atomic E-state index is -0.995. The first kappa shape index (κ1) is 20.0. The maximum Gasteiger partial charge on any atom is 0.338 e. The minimum Gasteiger partial charge on any atom is -0.478 e. The Labute approximate surface area is 151 Å². The standard InChI is InChI=1S/C11H13ClO2.C7H5ClO2/c1-8(2)7-14-11(13)9-3-5-10(12)6-4-9;8-6-4-2-1-3-5(6)7(9)10/h3-6,8H,7H2,1-2H3;1-4H,(H,9,10). The van der Waals surface area contributed by atoms with Gasteiger partial charge in [0, 0.05) is 5.02 Å². The lowest BCUT2D eigenvalue weighted by atomic mass is 10.2. The van der Waals surface area contributed by atoms with E-state index < -0.39 is 5.97 Å². The third-order valence-electron chi connectivity index (χ3n) is 2.73. The number of ether oxygens (including phenoxy) is 1. The maximum atomic E-state index is 11.4. The van der Waals surface area contributed by atoms with Gasteiger partial charge in [0.05, 0.1) is 22.8 Å². The van der Waals surface area contributed by atoms with Crippen LogP contribution >= 0.6 is 23.2 Å². The number of hydrogen-bond donors (Lipinski definition) is 1. The molecule has 0 bridgehead atoms. The molecule has 2 rings (SSSR count). The first-order valence-corrected chi connectivity index (χ1v) is 7.97. The second kappa shape index (κ2) is 9.96. The molecule has 0 unspecified atom stereocenters. The highest BCUT2D eigenvalue weighted by Crippen LogP contribution is 2.14. The van der Waals surface area contributed by atoms with E-state index in [9.17, 15) is 9.59 Å². The molecule has 0 amide bonds. The van der Waals surface area contributed by atoms with Gasteiger partial charge in [-0.3, -0.25) is 0 Å². The van der Waals surface area contributed by atoms with Crippen molar-refractivity contribution in [2.75, 3.05) is 6.61 Å². The molecule has 0 atom stereocenters. The molecule has 1 N–H and O–H groups in total. The van der Waals surface area contributed by atoms with Crippen molar-refractivity contribution in [1.82, 2.24) is 0 Å². The zero-order valence-electron chi connectivity index (χ0n) is 13.3. The average Bonchev–Trinajstić information content (AvgIpc) is 2.54. The SMILES string of the molecule is CC(C)COC(=O)c1ccc(Cl)cc1.O=C(O)c1ccccc1Cl. The van der Waals surface area contributed by atoms with Crippen LogP contribution in [0.3, 0.4) is 0 Å². The lowest BCUT2D eigenvalue weighted by Gasteiger charge is -2.06. The van der Waals surface area contributed by atoms with Crippen LogP contribution in [-0.4, -0.2) is 23.7 Å². The number of hydrogen-bond acceptors (Lipinski definition) is 3. The molecule has 0 saturated heterocycles. The smallest absolute Gasteiger partial charge is 0.338 e. The summed E-state index contributed by atoms with van der Waals surface area (Å²) in [6.45, 7) is 4.44. The summed E-state index contributed by atoms with van der Waals surface area (Å²) in [6.07, 6.45) is 0. The van der Waals surface area contributed by atoms with Crippen LogP contribution in [0.4, 0.5) is 0 Å². The Morgan fingerprint density at radius 2 is 1.62 bits per heavy atom. The van der Waals surface area contributed by atoms with Crippen molar-refractivity contribution < 1.29 is 19.4 Å². The number of aromatic carboxylic acids is 1. The van der Waals surface area contributed by atoms with Crippen LogP contribution in [0.5, 0.6) is 0 Å². The molecule has 0 aliphatic rings. The third-order valence-corrected chi connectivity index (χ3v) is 3.31. The largest absolute Gasteiger partial charge is 0.478 e. The molecule has 0 aromatic heterocycles. The first-order valence-electron chi connectivity index (χ1n) is 7.21. The average molecular weight is 369 g/mol. The van der Waals surface area contributed by atoms with E-state index in [0.717, 1.165) is 0 Å². The predicted octanol–water partition coefficient (Wildman–Crippen LogP) is 5.19. The molecular weight excluding hydrogens is 351 g/mol. The highest BCUT2D eigenvalue weighted by atomic mass is 35.5. The summed E-state index contributed by atoms with van der Waals surface area (Å²) in [4.78, 5) is 21.7. The molecule has 0 aliphatic carbocycles. The summed E-state index contributed by atoms with van der Waals surface area (Å²) < 4.78 is 5.05. The normalized spacial score (nSPS) is 9.88. The molecule has 0 aliphatic heterocycles. The van der Waals surface area contributed by atoms with Gasteiger partial charge >= 0.3 is 11.9 Å². The van der Waals surface area contributed by atoms with Crippen LogP contribution < -0.4 is 0 Å². The van der Waals surface area contributed by atoms with Crippen molar-refractivity contribution in [3.05, 3.63) is 69.7 Å². The van der Waals surface area contributed by atoms with Crippen LogP contribution in [-0.2, 0) is 4.74 Å². The topological polar surface area (TPSA) is 63.6 Å². The molecule has 0 heterocycles. The van der Waals surface area contributed by atoms with Gasteiger partial charge in [0.2, 0.25) is 0 Å². The van der Waals surface area contributed by atoms with E-state index in [0.29, 0.717) is 23.1 Å². The predicted molar refractivity (Wildman–Crippen MR) is 95.0 cm³/mol. The van der Waals surface area contributed by atoms with E-state index >= 15 is 0 Å². The molecule has 24 heavy (non-hydrogen) atoms. The summed E-state index contributed by atoms with van der Waals surface area (Å²) in [5.41, 5.74) is 0.680. The van der Waals surface area contributed by atoms with Gasteiger partial charge in [-0.1, -0.05) is 49.2 Å². The number of carbonyl (C=O) groups excluding carboxylic acids is 1. The highest BCUT2D eigenvalue weighted by Gasteiger charge is 2.07. The van der Waals surface area contributed by atoms with Gasteiger partial charge in [0.1, 0.15) is 0 Å². The summed E-state index contributed by atoms with van der Waals surface area (Å²) in [7, 11) is 0. The second-order valence-corrected chi connectivity index (χ2v) is 6.13. The van der Waals surface area contributed by atoms with Crippen molar-refractivity contribution >= 4 is 35.1 Å². The molecule has 0 saturated carbocycles. The number of carboxylic acid groups (broad SMARTS) is 1. The fourth-order valence-corrected chi connectivity index (χ4v) is 1.89. The number of benzene rings is 2. The Bertz CT molecular complexity index is 682. The monoisotopic (exact) mass is 368 g/mol. The fourth-order valence-electron chi connectivity index (χ4n) is 1.55. The molecule has 4 nitrogen and oxygen atoms in total. The van der Waals surface area contributed by atoms with Crippen molar-refractivity contribution in [1.29, 1.82) is 0 Å². The van der Waals surface area contributed by atoms with Gasteiger partial charge in [0.15, 0.2) is 0 Å². The maximum absolute atomic E-state index is 11.4. The fraction of sp³-hybridized carbons (Fsp3) is 0.222. The third kappa shape index (κ3) is 7.02. The van der Waals surface area contributed by atoms with Gasteiger partial charge in [-0.05, 0) is 42.3 Å². The molecule has 6 heteroatoms. The van der Waals surface area contributed by atoms with Crippen molar-refractivity contribution in [2.45, 2.75) is 13.8 Å². The quantitative estimate of drug-likeness (QED) is 0.754. The van der Waals surface area contributed by atoms with E-state index in [1.165, 1.54) is 6.07 Å². The van der Waals surface area contributed by atoms with Crippen LogP contribution in [0, 0.1) is 5.92 Å².